The normalized spacial score (nSPS) is 16.7. The van der Waals surface area contributed by atoms with Crippen LogP contribution >= 0.6 is 0 Å². The number of piperidine rings is 1. The SMILES string of the molecule is Cc1cc(C)c(C(=O)NC2CCN(C(=O)c3ccc4c(c3)CCN4)CC2)o1. The second-order valence-electron chi connectivity index (χ2n) is 7.46. The second-order valence-corrected chi connectivity index (χ2v) is 7.46. The van der Waals surface area contributed by atoms with Gasteiger partial charge in [0.05, 0.1) is 0 Å². The second kappa shape index (κ2) is 7.10. The molecule has 2 aliphatic rings. The summed E-state index contributed by atoms with van der Waals surface area (Å²) >= 11 is 0. The van der Waals surface area contributed by atoms with Gasteiger partial charge in [0, 0.05) is 42.5 Å². The van der Waals surface area contributed by atoms with Crippen LogP contribution in [0, 0.1) is 13.8 Å². The van der Waals surface area contributed by atoms with E-state index in [1.54, 1.807) is 0 Å². The Morgan fingerprint density at radius 2 is 1.96 bits per heavy atom. The molecule has 0 spiro atoms. The number of rotatable bonds is 3. The number of furan rings is 1. The third-order valence-electron chi connectivity index (χ3n) is 5.43. The number of carbonyl (C=O) groups is 2. The maximum absolute atomic E-state index is 12.8. The Hall–Kier alpha value is -2.76. The van der Waals surface area contributed by atoms with Crippen molar-refractivity contribution in [3.05, 3.63) is 52.5 Å². The summed E-state index contributed by atoms with van der Waals surface area (Å²) in [6, 6.07) is 7.83. The molecule has 4 rings (SSSR count). The van der Waals surface area contributed by atoms with E-state index in [1.807, 2.05) is 43.0 Å². The highest BCUT2D eigenvalue weighted by Crippen LogP contribution is 2.24. The third-order valence-corrected chi connectivity index (χ3v) is 5.43. The summed E-state index contributed by atoms with van der Waals surface area (Å²) < 4.78 is 5.49. The third kappa shape index (κ3) is 3.56. The lowest BCUT2D eigenvalue weighted by Gasteiger charge is -2.32. The van der Waals surface area contributed by atoms with Gasteiger partial charge in [0.1, 0.15) is 5.76 Å². The Labute approximate surface area is 158 Å². The van der Waals surface area contributed by atoms with Gasteiger partial charge in [-0.25, -0.2) is 0 Å². The summed E-state index contributed by atoms with van der Waals surface area (Å²) in [5.41, 5.74) is 3.95. The Morgan fingerprint density at radius 3 is 2.67 bits per heavy atom. The van der Waals surface area contributed by atoms with Crippen molar-refractivity contribution in [2.75, 3.05) is 25.0 Å². The molecule has 0 unspecified atom stereocenters. The van der Waals surface area contributed by atoms with Crippen molar-refractivity contribution in [2.24, 2.45) is 0 Å². The molecular formula is C21H25N3O3. The summed E-state index contributed by atoms with van der Waals surface area (Å²) in [5, 5.41) is 6.36. The molecule has 0 saturated carbocycles. The van der Waals surface area contributed by atoms with E-state index < -0.39 is 0 Å². The lowest BCUT2D eigenvalue weighted by Crippen LogP contribution is -2.46. The predicted octanol–water partition coefficient (Wildman–Crippen LogP) is 2.90. The standard InChI is InChI=1S/C21H25N3O3/c1-13-11-14(2)27-19(13)20(25)23-17-6-9-24(10-7-17)21(26)16-3-4-18-15(12-16)5-8-22-18/h3-4,11-12,17,22H,5-10H2,1-2H3,(H,23,25). The number of aryl methyl sites for hydroxylation is 2. The van der Waals surface area contributed by atoms with Gasteiger partial charge in [-0.05, 0) is 62.9 Å². The number of carbonyl (C=O) groups excluding carboxylic acids is 2. The van der Waals surface area contributed by atoms with Crippen molar-refractivity contribution in [1.82, 2.24) is 10.2 Å². The maximum atomic E-state index is 12.8. The molecule has 1 aromatic carbocycles. The van der Waals surface area contributed by atoms with Gasteiger partial charge in [0.15, 0.2) is 5.76 Å². The van der Waals surface area contributed by atoms with Gasteiger partial charge in [0.2, 0.25) is 0 Å². The lowest BCUT2D eigenvalue weighted by atomic mass is 10.0. The van der Waals surface area contributed by atoms with E-state index in [0.29, 0.717) is 18.8 Å². The maximum Gasteiger partial charge on any atom is 0.287 e. The summed E-state index contributed by atoms with van der Waals surface area (Å²) in [4.78, 5) is 27.1. The number of nitrogens with one attached hydrogen (secondary N) is 2. The van der Waals surface area contributed by atoms with Crippen LogP contribution < -0.4 is 10.6 Å². The van der Waals surface area contributed by atoms with Crippen molar-refractivity contribution in [3.63, 3.8) is 0 Å². The molecule has 6 heteroatoms. The number of likely N-dealkylation sites (tertiary alicyclic amines) is 1. The molecule has 2 N–H and O–H groups in total. The number of hydrogen-bond donors (Lipinski definition) is 2. The van der Waals surface area contributed by atoms with Crippen molar-refractivity contribution >= 4 is 17.5 Å². The Morgan fingerprint density at radius 1 is 1.19 bits per heavy atom. The smallest absolute Gasteiger partial charge is 0.287 e. The zero-order chi connectivity index (χ0) is 19.0. The van der Waals surface area contributed by atoms with Crippen LogP contribution in [0.4, 0.5) is 5.69 Å². The van der Waals surface area contributed by atoms with Gasteiger partial charge in [0.25, 0.3) is 11.8 Å². The molecule has 2 amide bonds. The lowest BCUT2D eigenvalue weighted by molar-refractivity contribution is 0.0695. The first-order chi connectivity index (χ1) is 13.0. The summed E-state index contributed by atoms with van der Waals surface area (Å²) in [7, 11) is 0. The number of hydrogen-bond acceptors (Lipinski definition) is 4. The van der Waals surface area contributed by atoms with E-state index in [1.165, 1.54) is 5.56 Å². The highest BCUT2D eigenvalue weighted by Gasteiger charge is 2.26. The van der Waals surface area contributed by atoms with Crippen molar-refractivity contribution < 1.29 is 14.0 Å². The van der Waals surface area contributed by atoms with Crippen molar-refractivity contribution in [2.45, 2.75) is 39.2 Å². The number of nitrogens with zero attached hydrogens (tertiary/aromatic N) is 1. The van der Waals surface area contributed by atoms with E-state index in [9.17, 15) is 9.59 Å². The Balaban J connectivity index is 1.34. The zero-order valence-corrected chi connectivity index (χ0v) is 15.8. The van der Waals surface area contributed by atoms with Crippen LogP contribution in [0.3, 0.4) is 0 Å². The molecule has 0 bridgehead atoms. The van der Waals surface area contributed by atoms with E-state index in [-0.39, 0.29) is 17.9 Å². The molecule has 1 saturated heterocycles. The first kappa shape index (κ1) is 17.6. The van der Waals surface area contributed by atoms with Gasteiger partial charge in [-0.2, -0.15) is 0 Å². The van der Waals surface area contributed by atoms with Gasteiger partial charge in [-0.3, -0.25) is 9.59 Å². The largest absolute Gasteiger partial charge is 0.456 e. The molecule has 27 heavy (non-hydrogen) atoms. The van der Waals surface area contributed by atoms with Crippen LogP contribution in [0.25, 0.3) is 0 Å². The summed E-state index contributed by atoms with van der Waals surface area (Å²) in [6.07, 6.45) is 2.47. The van der Waals surface area contributed by atoms with E-state index in [4.69, 9.17) is 4.42 Å². The van der Waals surface area contributed by atoms with Crippen LogP contribution in [0.5, 0.6) is 0 Å². The molecule has 142 valence electrons. The Kier molecular flexibility index (Phi) is 4.64. The molecule has 2 aromatic rings. The number of anilines is 1. The van der Waals surface area contributed by atoms with Crippen LogP contribution in [-0.4, -0.2) is 42.4 Å². The molecule has 1 fully saturated rings. The monoisotopic (exact) mass is 367 g/mol. The first-order valence-corrected chi connectivity index (χ1v) is 9.55. The molecule has 0 radical (unpaired) electrons. The van der Waals surface area contributed by atoms with Gasteiger partial charge >= 0.3 is 0 Å². The molecule has 1 aromatic heterocycles. The fraction of sp³-hybridized carbons (Fsp3) is 0.429. The number of amides is 2. The molecule has 3 heterocycles. The topological polar surface area (TPSA) is 74.6 Å². The molecule has 0 atom stereocenters. The van der Waals surface area contributed by atoms with Crippen LogP contribution in [-0.2, 0) is 6.42 Å². The molecule has 0 aliphatic carbocycles. The zero-order valence-electron chi connectivity index (χ0n) is 15.8. The number of benzene rings is 1. The molecule has 6 nitrogen and oxygen atoms in total. The van der Waals surface area contributed by atoms with E-state index in [2.05, 4.69) is 10.6 Å². The highest BCUT2D eigenvalue weighted by molar-refractivity contribution is 5.95. The van der Waals surface area contributed by atoms with Gasteiger partial charge < -0.3 is 20.0 Å². The summed E-state index contributed by atoms with van der Waals surface area (Å²) in [6.45, 7) is 5.94. The average Bonchev–Trinajstić information content (AvgIpc) is 3.26. The Bertz CT molecular complexity index is 879. The minimum atomic E-state index is -0.170. The molecular weight excluding hydrogens is 342 g/mol. The quantitative estimate of drug-likeness (QED) is 0.875. The fourth-order valence-electron chi connectivity index (χ4n) is 3.97. The fourth-order valence-corrected chi connectivity index (χ4v) is 3.97. The first-order valence-electron chi connectivity index (χ1n) is 9.55. The van der Waals surface area contributed by atoms with Gasteiger partial charge in [-0.1, -0.05) is 0 Å². The minimum Gasteiger partial charge on any atom is -0.456 e. The predicted molar refractivity (Wildman–Crippen MR) is 103 cm³/mol. The van der Waals surface area contributed by atoms with Crippen LogP contribution in [0.15, 0.2) is 28.7 Å². The van der Waals surface area contributed by atoms with Crippen molar-refractivity contribution in [3.8, 4) is 0 Å². The van der Waals surface area contributed by atoms with Crippen LogP contribution in [0.1, 0.15) is 50.6 Å². The highest BCUT2D eigenvalue weighted by atomic mass is 16.3. The van der Waals surface area contributed by atoms with Crippen molar-refractivity contribution in [1.29, 1.82) is 0 Å². The average molecular weight is 367 g/mol. The van der Waals surface area contributed by atoms with E-state index >= 15 is 0 Å². The van der Waals surface area contributed by atoms with E-state index in [0.717, 1.165) is 48.4 Å². The minimum absolute atomic E-state index is 0.0653. The van der Waals surface area contributed by atoms with Crippen LogP contribution in [0.2, 0.25) is 0 Å². The number of fused-ring (bicyclic) bond motifs is 1. The summed E-state index contributed by atoms with van der Waals surface area (Å²) in [5.74, 6) is 1.03. The van der Waals surface area contributed by atoms with Gasteiger partial charge in [-0.15, -0.1) is 0 Å². The molecule has 2 aliphatic heterocycles.